The van der Waals surface area contributed by atoms with Crippen LogP contribution in [0.5, 0.6) is 0 Å². The smallest absolute Gasteiger partial charge is 0.277 e. The molecular formula is C21H20FN3O2S. The highest BCUT2D eigenvalue weighted by Crippen LogP contribution is 2.31. The molecule has 28 heavy (non-hydrogen) atoms. The zero-order valence-electron chi connectivity index (χ0n) is 15.4. The van der Waals surface area contributed by atoms with Gasteiger partial charge >= 0.3 is 0 Å². The highest BCUT2D eigenvalue weighted by Gasteiger charge is 2.25. The Morgan fingerprint density at radius 3 is 2.86 bits per heavy atom. The van der Waals surface area contributed by atoms with E-state index in [0.29, 0.717) is 0 Å². The van der Waals surface area contributed by atoms with Gasteiger partial charge in [-0.25, -0.2) is 4.39 Å². The van der Waals surface area contributed by atoms with E-state index in [0.717, 1.165) is 19.3 Å². The maximum Gasteiger partial charge on any atom is 0.277 e. The van der Waals surface area contributed by atoms with Crippen molar-refractivity contribution in [2.75, 3.05) is 0 Å². The molecule has 0 bridgehead atoms. The van der Waals surface area contributed by atoms with Gasteiger partial charge in [-0.05, 0) is 49.4 Å². The third kappa shape index (κ3) is 3.94. The van der Waals surface area contributed by atoms with E-state index in [2.05, 4.69) is 27.6 Å². The Morgan fingerprint density at radius 2 is 2.00 bits per heavy atom. The topological polar surface area (TPSA) is 68.0 Å². The molecular weight excluding hydrogens is 377 g/mol. The summed E-state index contributed by atoms with van der Waals surface area (Å²) < 4.78 is 19.4. The van der Waals surface area contributed by atoms with Gasteiger partial charge in [0, 0.05) is 0 Å². The molecule has 1 heterocycles. The van der Waals surface area contributed by atoms with E-state index < -0.39 is 11.1 Å². The van der Waals surface area contributed by atoms with Crippen LogP contribution in [-0.4, -0.2) is 21.4 Å². The number of amides is 1. The molecule has 2 atom stereocenters. The lowest BCUT2D eigenvalue weighted by Crippen LogP contribution is -2.35. The number of benzene rings is 2. The number of fused-ring (bicyclic) bond motifs is 1. The van der Waals surface area contributed by atoms with Gasteiger partial charge in [-0.2, -0.15) is 0 Å². The lowest BCUT2D eigenvalue weighted by molar-refractivity contribution is -0.121. The van der Waals surface area contributed by atoms with E-state index in [-0.39, 0.29) is 28.6 Å². The third-order valence-corrected chi connectivity index (χ3v) is 5.78. The molecule has 4 rings (SSSR count). The third-order valence-electron chi connectivity index (χ3n) is 4.84. The van der Waals surface area contributed by atoms with Crippen molar-refractivity contribution in [1.29, 1.82) is 0 Å². The average molecular weight is 397 g/mol. The zero-order chi connectivity index (χ0) is 19.5. The minimum Gasteiger partial charge on any atom is -0.411 e. The fourth-order valence-corrected chi connectivity index (χ4v) is 4.09. The van der Waals surface area contributed by atoms with Gasteiger partial charge in [-0.15, -0.1) is 10.2 Å². The maximum absolute atomic E-state index is 13.9. The highest BCUT2D eigenvalue weighted by molar-refractivity contribution is 8.00. The molecule has 2 aromatic carbocycles. The molecule has 1 aliphatic rings. The fraction of sp³-hybridized carbons (Fsp3) is 0.286. The number of aromatic nitrogens is 2. The molecule has 1 aromatic heterocycles. The second-order valence-corrected chi connectivity index (χ2v) is 8.06. The van der Waals surface area contributed by atoms with Crippen molar-refractivity contribution in [2.24, 2.45) is 0 Å². The Bertz CT molecular complexity index is 991. The van der Waals surface area contributed by atoms with Crippen LogP contribution in [0.25, 0.3) is 11.5 Å². The first kappa shape index (κ1) is 18.7. The van der Waals surface area contributed by atoms with Crippen LogP contribution >= 0.6 is 11.8 Å². The highest BCUT2D eigenvalue weighted by atomic mass is 32.2. The van der Waals surface area contributed by atoms with Crippen LogP contribution in [0.15, 0.2) is 58.2 Å². The summed E-state index contributed by atoms with van der Waals surface area (Å²) in [6.07, 6.45) is 3.03. The van der Waals surface area contributed by atoms with E-state index in [1.165, 1.54) is 29.0 Å². The number of hydrogen-bond acceptors (Lipinski definition) is 5. The molecule has 0 aliphatic heterocycles. The number of carbonyl (C=O) groups is 1. The molecule has 0 unspecified atom stereocenters. The molecule has 0 radical (unpaired) electrons. The van der Waals surface area contributed by atoms with Crippen molar-refractivity contribution in [3.05, 3.63) is 65.5 Å². The summed E-state index contributed by atoms with van der Waals surface area (Å²) in [4.78, 5) is 12.7. The normalized spacial score (nSPS) is 17.0. The zero-order valence-corrected chi connectivity index (χ0v) is 16.2. The van der Waals surface area contributed by atoms with E-state index in [1.54, 1.807) is 25.1 Å². The van der Waals surface area contributed by atoms with Gasteiger partial charge in [0.05, 0.1) is 16.9 Å². The van der Waals surface area contributed by atoms with Crippen molar-refractivity contribution < 1.29 is 13.6 Å². The van der Waals surface area contributed by atoms with E-state index in [1.807, 2.05) is 12.1 Å². The molecule has 1 amide bonds. The number of halogens is 1. The Labute approximate surface area is 166 Å². The number of hydrogen-bond donors (Lipinski definition) is 1. The molecule has 5 nitrogen and oxygen atoms in total. The molecule has 0 saturated heterocycles. The summed E-state index contributed by atoms with van der Waals surface area (Å²) >= 11 is 1.17. The van der Waals surface area contributed by atoms with E-state index in [9.17, 15) is 9.18 Å². The first-order chi connectivity index (χ1) is 13.6. The van der Waals surface area contributed by atoms with Crippen molar-refractivity contribution in [3.63, 3.8) is 0 Å². The van der Waals surface area contributed by atoms with Crippen LogP contribution in [0.2, 0.25) is 0 Å². The predicted octanol–water partition coefficient (Wildman–Crippen LogP) is 4.55. The number of rotatable bonds is 5. The van der Waals surface area contributed by atoms with Gasteiger partial charge in [0.2, 0.25) is 5.91 Å². The van der Waals surface area contributed by atoms with Gasteiger partial charge in [0.25, 0.3) is 11.1 Å². The van der Waals surface area contributed by atoms with Crippen molar-refractivity contribution in [2.45, 2.75) is 42.7 Å². The van der Waals surface area contributed by atoms with Crippen molar-refractivity contribution >= 4 is 17.7 Å². The molecule has 1 aliphatic carbocycles. The Hall–Kier alpha value is -2.67. The number of nitrogens with one attached hydrogen (secondary N) is 1. The van der Waals surface area contributed by atoms with E-state index >= 15 is 0 Å². The summed E-state index contributed by atoms with van der Waals surface area (Å²) in [7, 11) is 0. The SMILES string of the molecule is C[C@@H](Sc1nnc(-c2ccccc2F)o1)C(=O)N[C@@H]1CCCc2ccccc21. The average Bonchev–Trinajstić information content (AvgIpc) is 3.16. The van der Waals surface area contributed by atoms with Crippen LogP contribution in [0.1, 0.15) is 36.9 Å². The number of nitrogens with zero attached hydrogens (tertiary/aromatic N) is 2. The second-order valence-electron chi connectivity index (χ2n) is 6.77. The predicted molar refractivity (Wildman–Crippen MR) is 105 cm³/mol. The molecule has 0 fully saturated rings. The molecule has 1 N–H and O–H groups in total. The summed E-state index contributed by atoms with van der Waals surface area (Å²) in [5, 5.41) is 10.8. The van der Waals surface area contributed by atoms with Gasteiger partial charge in [-0.3, -0.25) is 4.79 Å². The van der Waals surface area contributed by atoms with Gasteiger partial charge in [0.15, 0.2) is 0 Å². The Kier molecular flexibility index (Phi) is 5.43. The largest absolute Gasteiger partial charge is 0.411 e. The van der Waals surface area contributed by atoms with E-state index in [4.69, 9.17) is 4.42 Å². The molecule has 0 spiro atoms. The first-order valence-corrected chi connectivity index (χ1v) is 10.1. The minimum atomic E-state index is -0.426. The molecule has 0 saturated carbocycles. The summed E-state index contributed by atoms with van der Waals surface area (Å²) in [5.74, 6) is -0.406. The first-order valence-electron chi connectivity index (χ1n) is 9.25. The summed E-state index contributed by atoms with van der Waals surface area (Å²) in [6, 6.07) is 14.5. The molecule has 3 aromatic rings. The minimum absolute atomic E-state index is 0.0251. The Balaban J connectivity index is 1.41. The van der Waals surface area contributed by atoms with Crippen LogP contribution in [-0.2, 0) is 11.2 Å². The fourth-order valence-electron chi connectivity index (χ4n) is 3.40. The maximum atomic E-state index is 13.9. The lowest BCUT2D eigenvalue weighted by Gasteiger charge is -2.27. The van der Waals surface area contributed by atoms with Gasteiger partial charge in [0.1, 0.15) is 5.82 Å². The van der Waals surface area contributed by atoms with Crippen molar-refractivity contribution in [1.82, 2.24) is 15.5 Å². The summed E-state index contributed by atoms with van der Waals surface area (Å²) in [5.41, 5.74) is 2.74. The number of carbonyl (C=O) groups excluding carboxylic acids is 1. The second kappa shape index (κ2) is 8.14. The van der Waals surface area contributed by atoms with Gasteiger partial charge < -0.3 is 9.73 Å². The van der Waals surface area contributed by atoms with Crippen LogP contribution < -0.4 is 5.32 Å². The Morgan fingerprint density at radius 1 is 1.21 bits per heavy atom. The number of aryl methyl sites for hydroxylation is 1. The number of thioether (sulfide) groups is 1. The van der Waals surface area contributed by atoms with Crippen molar-refractivity contribution in [3.8, 4) is 11.5 Å². The lowest BCUT2D eigenvalue weighted by atomic mass is 9.88. The molecule has 7 heteroatoms. The quantitative estimate of drug-likeness (QED) is 0.640. The monoisotopic (exact) mass is 397 g/mol. The van der Waals surface area contributed by atoms with Gasteiger partial charge in [-0.1, -0.05) is 48.2 Å². The van der Waals surface area contributed by atoms with Crippen LogP contribution in [0.4, 0.5) is 4.39 Å². The van der Waals surface area contributed by atoms with Crippen LogP contribution in [0, 0.1) is 5.82 Å². The van der Waals surface area contributed by atoms with Crippen LogP contribution in [0.3, 0.4) is 0 Å². The standard InChI is InChI=1S/C21H20FN3O2S/c1-13(19(26)23-18-12-6-8-14-7-2-3-9-15(14)18)28-21-25-24-20(27-21)16-10-4-5-11-17(16)22/h2-5,7,9-11,13,18H,6,8,12H2,1H3,(H,23,26)/t13-,18-/m1/s1. The molecule has 144 valence electrons. The summed E-state index contributed by atoms with van der Waals surface area (Å²) in [6.45, 7) is 1.79.